The highest BCUT2D eigenvalue weighted by Crippen LogP contribution is 2.44. The van der Waals surface area contributed by atoms with Crippen LogP contribution in [0.2, 0.25) is 0 Å². The molecule has 0 saturated carbocycles. The smallest absolute Gasteiger partial charge is 0.408 e. The van der Waals surface area contributed by atoms with Crippen molar-refractivity contribution < 1.29 is 42.5 Å². The van der Waals surface area contributed by atoms with Crippen LogP contribution in [0.4, 0.5) is 13.6 Å². The normalized spacial score (nSPS) is 13.3. The number of alkyl carbamates (subject to hydrolysis) is 1. The van der Waals surface area contributed by atoms with Gasteiger partial charge >= 0.3 is 24.0 Å². The van der Waals surface area contributed by atoms with Gasteiger partial charge in [0.15, 0.2) is 0 Å². The number of nitrogens with one attached hydrogen (secondary N) is 2. The van der Waals surface area contributed by atoms with E-state index in [-0.39, 0.29) is 19.1 Å². The first-order chi connectivity index (χ1) is 16.2. The summed E-state index contributed by atoms with van der Waals surface area (Å²) in [5.74, 6) is -9.59. The maximum atomic E-state index is 13.3. The molecule has 34 heavy (non-hydrogen) atoms. The van der Waals surface area contributed by atoms with Crippen LogP contribution in [-0.4, -0.2) is 60.8 Å². The maximum absolute atomic E-state index is 13.3. The molecule has 0 heterocycles. The number of benzene rings is 2. The molecule has 1 aliphatic carbocycles. The Morgan fingerprint density at radius 3 is 2.09 bits per heavy atom. The van der Waals surface area contributed by atoms with Crippen molar-refractivity contribution >= 4 is 23.9 Å². The highest BCUT2D eigenvalue weighted by atomic mass is 19.3. The number of carboxylic acid groups (broad SMARTS) is 1. The first-order valence-corrected chi connectivity index (χ1v) is 10.3. The van der Waals surface area contributed by atoms with E-state index >= 15 is 0 Å². The molecular weight excluding hydrogens is 454 g/mol. The van der Waals surface area contributed by atoms with E-state index in [1.165, 1.54) is 6.92 Å². The lowest BCUT2D eigenvalue weighted by molar-refractivity contribution is -0.164. The van der Waals surface area contributed by atoms with Crippen molar-refractivity contribution in [2.45, 2.75) is 24.8 Å². The van der Waals surface area contributed by atoms with E-state index in [2.05, 4.69) is 0 Å². The number of halogens is 2. The summed E-state index contributed by atoms with van der Waals surface area (Å²) in [5.41, 5.74) is 3.87. The third kappa shape index (κ3) is 5.30. The summed E-state index contributed by atoms with van der Waals surface area (Å²) in [5, 5.41) is 12.1. The third-order valence-corrected chi connectivity index (χ3v) is 5.19. The van der Waals surface area contributed by atoms with Gasteiger partial charge in [0.25, 0.3) is 5.91 Å². The SMILES string of the molecule is CCOC(=O)C(NC(=O)OCC1c2ccccc2-c2ccccc21)C(=O)NCC(F)(F)C(=O)O. The number of alkyl halides is 2. The summed E-state index contributed by atoms with van der Waals surface area (Å²) in [6.07, 6.45) is -1.15. The van der Waals surface area contributed by atoms with Crippen LogP contribution in [0.3, 0.4) is 0 Å². The summed E-state index contributed by atoms with van der Waals surface area (Å²) < 4.78 is 36.5. The number of amides is 2. The minimum atomic E-state index is -4.27. The highest BCUT2D eigenvalue weighted by molar-refractivity contribution is 6.04. The fraction of sp³-hybridized carbons (Fsp3) is 0.304. The molecule has 2 amide bonds. The second-order valence-electron chi connectivity index (χ2n) is 7.38. The predicted octanol–water partition coefficient (Wildman–Crippen LogP) is 2.29. The molecule has 2 aromatic rings. The number of hydrogen-bond donors (Lipinski definition) is 3. The van der Waals surface area contributed by atoms with Gasteiger partial charge in [0.1, 0.15) is 6.61 Å². The fourth-order valence-corrected chi connectivity index (χ4v) is 3.59. The fourth-order valence-electron chi connectivity index (χ4n) is 3.59. The largest absolute Gasteiger partial charge is 0.477 e. The van der Waals surface area contributed by atoms with Gasteiger partial charge in [-0.2, -0.15) is 8.78 Å². The summed E-state index contributed by atoms with van der Waals surface area (Å²) in [4.78, 5) is 47.3. The van der Waals surface area contributed by atoms with Crippen LogP contribution in [0.1, 0.15) is 24.0 Å². The van der Waals surface area contributed by atoms with Gasteiger partial charge in [-0.25, -0.2) is 14.4 Å². The third-order valence-electron chi connectivity index (χ3n) is 5.19. The molecule has 3 N–H and O–H groups in total. The highest BCUT2D eigenvalue weighted by Gasteiger charge is 2.41. The Kier molecular flexibility index (Phi) is 7.44. The number of carboxylic acids is 1. The molecule has 2 aromatic carbocycles. The number of aliphatic carboxylic acids is 1. The zero-order valence-electron chi connectivity index (χ0n) is 18.0. The van der Waals surface area contributed by atoms with E-state index in [0.29, 0.717) is 0 Å². The van der Waals surface area contributed by atoms with Crippen LogP contribution in [0.15, 0.2) is 48.5 Å². The van der Waals surface area contributed by atoms with Crippen LogP contribution < -0.4 is 10.6 Å². The minimum absolute atomic E-state index is 0.117. The quantitative estimate of drug-likeness (QED) is 0.374. The van der Waals surface area contributed by atoms with Gasteiger partial charge in [-0.3, -0.25) is 10.1 Å². The van der Waals surface area contributed by atoms with Gasteiger partial charge in [-0.15, -0.1) is 0 Å². The van der Waals surface area contributed by atoms with Crippen molar-refractivity contribution in [3.05, 3.63) is 59.7 Å². The van der Waals surface area contributed by atoms with E-state index in [9.17, 15) is 28.0 Å². The monoisotopic (exact) mass is 476 g/mol. The van der Waals surface area contributed by atoms with Crippen LogP contribution in [-0.2, 0) is 23.9 Å². The van der Waals surface area contributed by atoms with E-state index < -0.39 is 42.4 Å². The van der Waals surface area contributed by atoms with E-state index in [1.807, 2.05) is 53.8 Å². The molecular formula is C23H22F2N2O7. The van der Waals surface area contributed by atoms with Crippen LogP contribution >= 0.6 is 0 Å². The molecule has 3 rings (SSSR count). The van der Waals surface area contributed by atoms with Gasteiger partial charge in [-0.05, 0) is 29.2 Å². The molecule has 0 aromatic heterocycles. The van der Waals surface area contributed by atoms with Gasteiger partial charge < -0.3 is 19.9 Å². The molecule has 9 nitrogen and oxygen atoms in total. The Balaban J connectivity index is 1.67. The molecule has 0 aliphatic heterocycles. The maximum Gasteiger partial charge on any atom is 0.408 e. The Labute approximate surface area is 193 Å². The van der Waals surface area contributed by atoms with Crippen LogP contribution in [0.25, 0.3) is 11.1 Å². The second-order valence-corrected chi connectivity index (χ2v) is 7.38. The summed E-state index contributed by atoms with van der Waals surface area (Å²) in [7, 11) is 0. The molecule has 1 unspecified atom stereocenters. The lowest BCUT2D eigenvalue weighted by Crippen LogP contribution is -2.54. The number of rotatable bonds is 9. The molecule has 11 heteroatoms. The molecule has 0 fully saturated rings. The van der Waals surface area contributed by atoms with E-state index in [4.69, 9.17) is 14.6 Å². The number of fused-ring (bicyclic) bond motifs is 3. The first kappa shape index (κ1) is 24.6. The molecule has 0 radical (unpaired) electrons. The second kappa shape index (κ2) is 10.3. The Hall–Kier alpha value is -4.02. The Morgan fingerprint density at radius 2 is 1.56 bits per heavy atom. The minimum Gasteiger partial charge on any atom is -0.477 e. The Bertz CT molecular complexity index is 1060. The molecule has 1 aliphatic rings. The number of carbonyl (C=O) groups excluding carboxylic acids is 3. The van der Waals surface area contributed by atoms with Gasteiger partial charge in [0.2, 0.25) is 6.04 Å². The zero-order chi connectivity index (χ0) is 24.9. The average Bonchev–Trinajstić information content (AvgIpc) is 3.13. The topological polar surface area (TPSA) is 131 Å². The number of carbonyl (C=O) groups is 4. The number of ether oxygens (including phenoxy) is 2. The van der Waals surface area contributed by atoms with Crippen molar-refractivity contribution in [1.82, 2.24) is 10.6 Å². The van der Waals surface area contributed by atoms with Crippen molar-refractivity contribution in [3.63, 3.8) is 0 Å². The lowest BCUT2D eigenvalue weighted by atomic mass is 9.98. The summed E-state index contributed by atoms with van der Waals surface area (Å²) in [6, 6.07) is 13.2. The van der Waals surface area contributed by atoms with Crippen LogP contribution in [0.5, 0.6) is 0 Å². The number of esters is 1. The van der Waals surface area contributed by atoms with Crippen molar-refractivity contribution in [3.8, 4) is 11.1 Å². The summed E-state index contributed by atoms with van der Waals surface area (Å²) in [6.45, 7) is -0.406. The van der Waals surface area contributed by atoms with Gasteiger partial charge in [0.05, 0.1) is 13.2 Å². The van der Waals surface area contributed by atoms with Crippen molar-refractivity contribution in [1.29, 1.82) is 0 Å². The molecule has 0 saturated heterocycles. The Morgan fingerprint density at radius 1 is 1.00 bits per heavy atom. The van der Waals surface area contributed by atoms with E-state index in [0.717, 1.165) is 22.3 Å². The van der Waals surface area contributed by atoms with E-state index in [1.54, 1.807) is 5.32 Å². The van der Waals surface area contributed by atoms with Gasteiger partial charge in [-0.1, -0.05) is 48.5 Å². The molecule has 1 atom stereocenters. The average molecular weight is 476 g/mol. The molecule has 0 spiro atoms. The zero-order valence-corrected chi connectivity index (χ0v) is 18.0. The molecule has 0 bridgehead atoms. The van der Waals surface area contributed by atoms with Crippen molar-refractivity contribution in [2.75, 3.05) is 19.8 Å². The van der Waals surface area contributed by atoms with Crippen LogP contribution in [0, 0.1) is 0 Å². The lowest BCUT2D eigenvalue weighted by Gasteiger charge is -2.19. The number of hydrogen-bond acceptors (Lipinski definition) is 6. The summed E-state index contributed by atoms with van der Waals surface area (Å²) >= 11 is 0. The molecule has 180 valence electrons. The first-order valence-electron chi connectivity index (χ1n) is 10.3. The predicted molar refractivity (Wildman–Crippen MR) is 114 cm³/mol. The van der Waals surface area contributed by atoms with Gasteiger partial charge in [0, 0.05) is 5.92 Å². The van der Waals surface area contributed by atoms with Crippen molar-refractivity contribution in [2.24, 2.45) is 0 Å². The standard InChI is InChI=1S/C23H22F2N2O7/c1-2-33-20(29)18(19(28)26-12-23(24,25)21(30)31)27-22(32)34-11-17-15-9-5-3-7-13(15)14-8-4-6-10-16(14)17/h3-10,17-18H,2,11-12H2,1H3,(H,26,28)(H,27,32)(H,30,31).